The van der Waals surface area contributed by atoms with Crippen molar-refractivity contribution in [1.29, 1.82) is 0 Å². The van der Waals surface area contributed by atoms with Crippen molar-refractivity contribution < 1.29 is 18.0 Å². The van der Waals surface area contributed by atoms with Crippen LogP contribution < -0.4 is 10.6 Å². The fourth-order valence-corrected chi connectivity index (χ4v) is 3.16. The summed E-state index contributed by atoms with van der Waals surface area (Å²) in [6, 6.07) is 4.11. The molecule has 1 amide bonds. The van der Waals surface area contributed by atoms with Crippen molar-refractivity contribution in [3.63, 3.8) is 0 Å². The van der Waals surface area contributed by atoms with Gasteiger partial charge in [0.15, 0.2) is 5.13 Å². The zero-order chi connectivity index (χ0) is 19.6. The lowest BCUT2D eigenvalue weighted by atomic mass is 10.2. The van der Waals surface area contributed by atoms with E-state index >= 15 is 0 Å². The molecular formula is C16H9Cl2F3N4OS. The van der Waals surface area contributed by atoms with E-state index in [9.17, 15) is 18.0 Å². The first-order chi connectivity index (χ1) is 12.7. The fourth-order valence-electron chi connectivity index (χ4n) is 2.01. The first-order valence-corrected chi connectivity index (χ1v) is 8.88. The molecule has 0 aliphatic carbocycles. The molecule has 0 fully saturated rings. The molecule has 140 valence electrons. The third kappa shape index (κ3) is 4.68. The smallest absolute Gasteiger partial charge is 0.329 e. The Balaban J connectivity index is 1.70. The molecule has 2 N–H and O–H groups in total. The Kier molecular flexibility index (Phi) is 5.54. The topological polar surface area (TPSA) is 66.9 Å². The molecule has 0 bridgehead atoms. The highest BCUT2D eigenvalue weighted by molar-refractivity contribution is 7.14. The zero-order valence-corrected chi connectivity index (χ0v) is 15.5. The van der Waals surface area contributed by atoms with E-state index in [4.69, 9.17) is 23.2 Å². The van der Waals surface area contributed by atoms with Crippen molar-refractivity contribution in [3.05, 3.63) is 63.3 Å². The van der Waals surface area contributed by atoms with Crippen LogP contribution in [0.5, 0.6) is 0 Å². The number of alkyl halides is 3. The van der Waals surface area contributed by atoms with Gasteiger partial charge in [0.05, 0.1) is 21.3 Å². The number of carbonyl (C=O) groups excluding carboxylic acids is 1. The Morgan fingerprint density at radius 1 is 1.07 bits per heavy atom. The molecule has 0 saturated heterocycles. The number of amides is 1. The van der Waals surface area contributed by atoms with Crippen LogP contribution >= 0.6 is 34.5 Å². The van der Waals surface area contributed by atoms with Crippen LogP contribution in [0.1, 0.15) is 16.1 Å². The maximum absolute atomic E-state index is 12.6. The summed E-state index contributed by atoms with van der Waals surface area (Å²) in [6.07, 6.45) is -1.63. The summed E-state index contributed by atoms with van der Waals surface area (Å²) in [5.41, 5.74) is -0.0939. The van der Waals surface area contributed by atoms with Crippen LogP contribution in [-0.2, 0) is 6.18 Å². The minimum absolute atomic E-state index is 0.0868. The van der Waals surface area contributed by atoms with Gasteiger partial charge in [-0.2, -0.15) is 13.2 Å². The van der Waals surface area contributed by atoms with Gasteiger partial charge in [-0.05, 0) is 24.3 Å². The summed E-state index contributed by atoms with van der Waals surface area (Å²) >= 11 is 13.2. The van der Waals surface area contributed by atoms with Crippen molar-refractivity contribution in [3.8, 4) is 0 Å². The fraction of sp³-hybridized carbons (Fsp3) is 0.0625. The average molecular weight is 433 g/mol. The molecule has 0 radical (unpaired) electrons. The molecule has 1 aromatic carbocycles. The standard InChI is InChI=1S/C16H9Cl2F3N4OS/c17-10-5-22-6-11(18)13(10)25-15-24-12(7-27-15)14(26)23-9-3-1-8(2-4-9)16(19,20)21/h1-7H,(H,23,26)(H,22,24,25). The summed E-state index contributed by atoms with van der Waals surface area (Å²) in [4.78, 5) is 20.2. The molecule has 11 heteroatoms. The van der Waals surface area contributed by atoms with Gasteiger partial charge < -0.3 is 10.6 Å². The molecule has 3 rings (SSSR count). The average Bonchev–Trinajstić information content (AvgIpc) is 3.07. The van der Waals surface area contributed by atoms with E-state index in [0.717, 1.165) is 23.5 Å². The third-order valence-electron chi connectivity index (χ3n) is 3.29. The Labute approximate surface area is 165 Å². The summed E-state index contributed by atoms with van der Waals surface area (Å²) in [7, 11) is 0. The van der Waals surface area contributed by atoms with Crippen LogP contribution in [0.2, 0.25) is 10.0 Å². The van der Waals surface area contributed by atoms with Crippen molar-refractivity contribution in [1.82, 2.24) is 9.97 Å². The molecule has 5 nitrogen and oxygen atoms in total. The normalized spacial score (nSPS) is 11.3. The monoisotopic (exact) mass is 432 g/mol. The summed E-state index contributed by atoms with van der Waals surface area (Å²) < 4.78 is 37.7. The summed E-state index contributed by atoms with van der Waals surface area (Å²) in [5.74, 6) is -0.564. The Hall–Kier alpha value is -2.36. The second-order valence-corrected chi connectivity index (χ2v) is 6.84. The highest BCUT2D eigenvalue weighted by Gasteiger charge is 2.30. The molecule has 0 spiro atoms. The molecule has 3 aromatic rings. The van der Waals surface area contributed by atoms with Gasteiger partial charge in [0.2, 0.25) is 0 Å². The van der Waals surface area contributed by atoms with E-state index in [-0.39, 0.29) is 21.4 Å². The second kappa shape index (κ2) is 7.71. The second-order valence-electron chi connectivity index (χ2n) is 5.17. The quantitative estimate of drug-likeness (QED) is 0.541. The van der Waals surface area contributed by atoms with E-state index in [1.54, 1.807) is 0 Å². The van der Waals surface area contributed by atoms with Crippen LogP contribution in [0.4, 0.5) is 29.7 Å². The number of carbonyl (C=O) groups is 1. The molecular weight excluding hydrogens is 424 g/mol. The van der Waals surface area contributed by atoms with Crippen molar-refractivity contribution in [2.45, 2.75) is 6.18 Å². The van der Waals surface area contributed by atoms with Crippen LogP contribution in [0.25, 0.3) is 0 Å². The number of thiazole rings is 1. The van der Waals surface area contributed by atoms with Gasteiger partial charge in [-0.1, -0.05) is 23.2 Å². The first kappa shape index (κ1) is 19.4. The van der Waals surface area contributed by atoms with E-state index in [1.807, 2.05) is 0 Å². The molecule has 0 aliphatic rings. The van der Waals surface area contributed by atoms with Gasteiger partial charge in [-0.15, -0.1) is 11.3 Å². The lowest BCUT2D eigenvalue weighted by molar-refractivity contribution is -0.137. The lowest BCUT2D eigenvalue weighted by Gasteiger charge is -2.08. The predicted molar refractivity (Wildman–Crippen MR) is 99.1 cm³/mol. The minimum Gasteiger partial charge on any atom is -0.329 e. The number of halogens is 5. The van der Waals surface area contributed by atoms with Crippen molar-refractivity contribution >= 4 is 57.0 Å². The molecule has 0 unspecified atom stereocenters. The van der Waals surface area contributed by atoms with Gasteiger partial charge in [0.25, 0.3) is 5.91 Å². The molecule has 0 atom stereocenters. The molecule has 2 heterocycles. The highest BCUT2D eigenvalue weighted by atomic mass is 35.5. The van der Waals surface area contributed by atoms with Gasteiger partial charge >= 0.3 is 6.18 Å². The number of nitrogens with one attached hydrogen (secondary N) is 2. The lowest BCUT2D eigenvalue weighted by Crippen LogP contribution is -2.13. The Morgan fingerprint density at radius 2 is 1.70 bits per heavy atom. The Morgan fingerprint density at radius 3 is 2.30 bits per heavy atom. The number of hydrogen-bond acceptors (Lipinski definition) is 5. The van der Waals surface area contributed by atoms with E-state index in [1.165, 1.54) is 29.9 Å². The number of rotatable bonds is 4. The largest absolute Gasteiger partial charge is 0.416 e. The SMILES string of the molecule is O=C(Nc1ccc(C(F)(F)F)cc1)c1csc(Nc2c(Cl)cncc2Cl)n1. The maximum Gasteiger partial charge on any atom is 0.416 e. The van der Waals surface area contributed by atoms with Crippen LogP contribution in [0.3, 0.4) is 0 Å². The summed E-state index contributed by atoms with van der Waals surface area (Å²) in [5, 5.41) is 7.81. The molecule has 27 heavy (non-hydrogen) atoms. The van der Waals surface area contributed by atoms with Gasteiger partial charge in [-0.25, -0.2) is 4.98 Å². The third-order valence-corrected chi connectivity index (χ3v) is 4.62. The summed E-state index contributed by atoms with van der Waals surface area (Å²) in [6.45, 7) is 0. The number of anilines is 3. The maximum atomic E-state index is 12.6. The van der Waals surface area contributed by atoms with Gasteiger partial charge in [-0.3, -0.25) is 9.78 Å². The van der Waals surface area contributed by atoms with E-state index in [0.29, 0.717) is 10.8 Å². The zero-order valence-electron chi connectivity index (χ0n) is 13.1. The molecule has 0 saturated carbocycles. The first-order valence-electron chi connectivity index (χ1n) is 7.24. The number of aromatic nitrogens is 2. The highest BCUT2D eigenvalue weighted by Crippen LogP contribution is 2.33. The van der Waals surface area contributed by atoms with E-state index < -0.39 is 17.6 Å². The molecule has 0 aliphatic heterocycles. The van der Waals surface area contributed by atoms with Crippen LogP contribution in [0.15, 0.2) is 42.0 Å². The van der Waals surface area contributed by atoms with Crippen molar-refractivity contribution in [2.24, 2.45) is 0 Å². The molecule has 2 aromatic heterocycles. The van der Waals surface area contributed by atoms with Crippen LogP contribution in [-0.4, -0.2) is 15.9 Å². The van der Waals surface area contributed by atoms with Crippen LogP contribution in [0, 0.1) is 0 Å². The number of benzene rings is 1. The predicted octanol–water partition coefficient (Wildman–Crippen LogP) is 5.86. The minimum atomic E-state index is -4.44. The van der Waals surface area contributed by atoms with E-state index in [2.05, 4.69) is 20.6 Å². The number of hydrogen-bond donors (Lipinski definition) is 2. The number of nitrogens with zero attached hydrogens (tertiary/aromatic N) is 2. The van der Waals surface area contributed by atoms with Gasteiger partial charge in [0, 0.05) is 23.5 Å². The number of pyridine rings is 1. The van der Waals surface area contributed by atoms with Gasteiger partial charge in [0.1, 0.15) is 5.69 Å². The van der Waals surface area contributed by atoms with Crippen molar-refractivity contribution in [2.75, 3.05) is 10.6 Å². The Bertz CT molecular complexity index is 956.